The van der Waals surface area contributed by atoms with E-state index in [0.717, 1.165) is 6.08 Å². The molecule has 0 spiro atoms. The first-order valence-electron chi connectivity index (χ1n) is 6.98. The number of esters is 2. The maximum Gasteiger partial charge on any atom is 0.330 e. The fourth-order valence-corrected chi connectivity index (χ4v) is 7.17. The van der Waals surface area contributed by atoms with Gasteiger partial charge in [-0.2, -0.15) is 8.42 Å². The molecule has 0 radical (unpaired) electrons. The molecule has 5 atom stereocenters. The van der Waals surface area contributed by atoms with Crippen molar-refractivity contribution in [3.05, 3.63) is 12.7 Å². The van der Waals surface area contributed by atoms with E-state index in [2.05, 4.69) is 6.58 Å². The molecule has 22 heavy (non-hydrogen) atoms. The van der Waals surface area contributed by atoms with E-state index >= 15 is 0 Å². The smallest absolute Gasteiger partial charge is 0.330 e. The zero-order chi connectivity index (χ0) is 15.9. The molecule has 3 saturated heterocycles. The van der Waals surface area contributed by atoms with Crippen LogP contribution in [0.15, 0.2) is 12.7 Å². The van der Waals surface area contributed by atoms with Crippen molar-refractivity contribution in [3.63, 3.8) is 0 Å². The largest absolute Gasteiger partial charge is 0.463 e. The van der Waals surface area contributed by atoms with Crippen molar-refractivity contribution in [2.75, 3.05) is 6.61 Å². The van der Waals surface area contributed by atoms with E-state index in [1.807, 2.05) is 0 Å². The Balaban J connectivity index is 1.47. The fourth-order valence-electron chi connectivity index (χ4n) is 3.03. The molecule has 0 N–H and O–H groups in total. The summed E-state index contributed by atoms with van der Waals surface area (Å²) in [6.45, 7) is 3.38. The lowest BCUT2D eigenvalue weighted by molar-refractivity contribution is -0.154. The minimum atomic E-state index is -3.51. The maximum atomic E-state index is 11.8. The van der Waals surface area contributed by atoms with Crippen LogP contribution in [0, 0.1) is 0 Å². The molecule has 0 aromatic heterocycles. The van der Waals surface area contributed by atoms with Gasteiger partial charge in [-0.1, -0.05) is 6.58 Å². The number of thioether (sulfide) groups is 1. The summed E-state index contributed by atoms with van der Waals surface area (Å²) in [7, 11) is -3.51. The highest BCUT2D eigenvalue weighted by molar-refractivity contribution is 8.03. The number of carbonyl (C=O) groups is 2. The first kappa shape index (κ1) is 15.8. The van der Waals surface area contributed by atoms with E-state index < -0.39 is 39.5 Å². The standard InChI is InChI=1S/C13H16O7S2/c1-2-9(14)18-5-3-4-10(15)19-11-7-6-8-13(21-7)12(11)20-22(8,16)17/h2,7-8,11-13H,1,3-6H2. The minimum absolute atomic E-state index is 0.0141. The lowest BCUT2D eigenvalue weighted by atomic mass is 9.94. The molecule has 3 aliphatic heterocycles. The number of fused-ring (bicyclic) bond motifs is 1. The summed E-state index contributed by atoms with van der Waals surface area (Å²) in [5.74, 6) is -0.967. The molecule has 0 aromatic rings. The predicted octanol–water partition coefficient (Wildman–Crippen LogP) is 0.393. The Labute approximate surface area is 132 Å². The van der Waals surface area contributed by atoms with Gasteiger partial charge >= 0.3 is 11.9 Å². The number of rotatable bonds is 6. The normalized spacial score (nSPS) is 37.0. The second-order valence-corrected chi connectivity index (χ2v) is 8.60. The van der Waals surface area contributed by atoms with Crippen LogP contribution in [0.4, 0.5) is 0 Å². The van der Waals surface area contributed by atoms with Crippen LogP contribution in [0.3, 0.4) is 0 Å². The summed E-state index contributed by atoms with van der Waals surface area (Å²) in [4.78, 5) is 22.7. The Hall–Kier alpha value is -1.06. The van der Waals surface area contributed by atoms with Crippen LogP contribution < -0.4 is 0 Å². The van der Waals surface area contributed by atoms with Gasteiger partial charge in [0.1, 0.15) is 17.5 Å². The highest BCUT2D eigenvalue weighted by Crippen LogP contribution is 2.55. The molecule has 0 amide bonds. The number of carbonyl (C=O) groups excluding carboxylic acids is 2. The summed E-state index contributed by atoms with van der Waals surface area (Å²) in [6.07, 6.45) is 0.917. The van der Waals surface area contributed by atoms with E-state index in [1.165, 1.54) is 11.8 Å². The van der Waals surface area contributed by atoms with Gasteiger partial charge in [-0.05, 0) is 12.8 Å². The van der Waals surface area contributed by atoms with Gasteiger partial charge in [-0.25, -0.2) is 4.79 Å². The molecule has 0 saturated carbocycles. The molecular formula is C13H16O7S2. The molecule has 3 fully saturated rings. The van der Waals surface area contributed by atoms with Crippen molar-refractivity contribution in [2.24, 2.45) is 0 Å². The van der Waals surface area contributed by atoms with Crippen LogP contribution in [0.25, 0.3) is 0 Å². The average Bonchev–Trinajstić information content (AvgIpc) is 3.07. The summed E-state index contributed by atoms with van der Waals surface area (Å²) >= 11 is 1.54. The third-order valence-corrected chi connectivity index (χ3v) is 7.61. The summed E-state index contributed by atoms with van der Waals surface area (Å²) in [6, 6.07) is 0. The molecule has 2 bridgehead atoms. The van der Waals surface area contributed by atoms with Gasteiger partial charge in [0.05, 0.1) is 11.9 Å². The van der Waals surface area contributed by atoms with Crippen LogP contribution in [-0.2, 0) is 33.4 Å². The Morgan fingerprint density at radius 2 is 2.18 bits per heavy atom. The Kier molecular flexibility index (Phi) is 4.21. The molecule has 122 valence electrons. The van der Waals surface area contributed by atoms with Crippen LogP contribution >= 0.6 is 11.8 Å². The Bertz CT molecular complexity index is 600. The molecule has 0 aromatic carbocycles. The van der Waals surface area contributed by atoms with Gasteiger partial charge in [0.25, 0.3) is 10.1 Å². The molecule has 7 nitrogen and oxygen atoms in total. The lowest BCUT2D eigenvalue weighted by Gasteiger charge is -2.23. The van der Waals surface area contributed by atoms with E-state index in [1.54, 1.807) is 0 Å². The second-order valence-electron chi connectivity index (χ2n) is 5.40. The first-order chi connectivity index (χ1) is 10.4. The SMILES string of the molecule is C=CC(=O)OCCCC(=O)OC1C2CC3C(S2)C1OS3(=O)=O. The minimum Gasteiger partial charge on any atom is -0.463 e. The number of hydrogen-bond acceptors (Lipinski definition) is 8. The van der Waals surface area contributed by atoms with Crippen molar-refractivity contribution >= 4 is 33.8 Å². The highest BCUT2D eigenvalue weighted by Gasteiger charge is 2.66. The van der Waals surface area contributed by atoms with E-state index in [-0.39, 0.29) is 23.5 Å². The molecule has 3 rings (SSSR count). The van der Waals surface area contributed by atoms with Crippen molar-refractivity contribution in [2.45, 2.75) is 47.2 Å². The monoisotopic (exact) mass is 348 g/mol. The summed E-state index contributed by atoms with van der Waals surface area (Å²) in [5, 5.41) is -0.595. The fraction of sp³-hybridized carbons (Fsp3) is 0.692. The van der Waals surface area contributed by atoms with Gasteiger partial charge in [0, 0.05) is 17.7 Å². The number of ether oxygens (including phenoxy) is 2. The summed E-state index contributed by atoms with van der Waals surface area (Å²) in [5.41, 5.74) is 0. The van der Waals surface area contributed by atoms with Gasteiger partial charge in [0.15, 0.2) is 0 Å². The maximum absolute atomic E-state index is 11.8. The van der Waals surface area contributed by atoms with Crippen LogP contribution in [0.1, 0.15) is 19.3 Å². The van der Waals surface area contributed by atoms with Gasteiger partial charge in [0.2, 0.25) is 0 Å². The third-order valence-electron chi connectivity index (χ3n) is 4.00. The van der Waals surface area contributed by atoms with Gasteiger partial charge in [-0.3, -0.25) is 8.98 Å². The Morgan fingerprint density at radius 1 is 1.41 bits per heavy atom. The van der Waals surface area contributed by atoms with Crippen LogP contribution in [0.5, 0.6) is 0 Å². The van der Waals surface area contributed by atoms with Crippen LogP contribution in [0.2, 0.25) is 0 Å². The quantitative estimate of drug-likeness (QED) is 0.294. The van der Waals surface area contributed by atoms with Gasteiger partial charge in [-0.15, -0.1) is 11.8 Å². The van der Waals surface area contributed by atoms with E-state index in [0.29, 0.717) is 12.8 Å². The van der Waals surface area contributed by atoms with E-state index in [9.17, 15) is 18.0 Å². The number of hydrogen-bond donors (Lipinski definition) is 0. The predicted molar refractivity (Wildman–Crippen MR) is 77.6 cm³/mol. The lowest BCUT2D eigenvalue weighted by Crippen LogP contribution is -2.41. The van der Waals surface area contributed by atoms with Gasteiger partial charge < -0.3 is 9.47 Å². The zero-order valence-electron chi connectivity index (χ0n) is 11.7. The zero-order valence-corrected chi connectivity index (χ0v) is 13.3. The van der Waals surface area contributed by atoms with Crippen molar-refractivity contribution in [3.8, 4) is 0 Å². The molecular weight excluding hydrogens is 332 g/mol. The first-order valence-corrected chi connectivity index (χ1v) is 9.40. The second kappa shape index (κ2) is 5.86. The molecule has 3 aliphatic rings. The average molecular weight is 348 g/mol. The molecule has 9 heteroatoms. The third kappa shape index (κ3) is 2.77. The van der Waals surface area contributed by atoms with Crippen molar-refractivity contribution in [1.82, 2.24) is 0 Å². The van der Waals surface area contributed by atoms with Crippen LogP contribution in [-0.4, -0.2) is 54.9 Å². The molecule has 3 heterocycles. The Morgan fingerprint density at radius 3 is 2.91 bits per heavy atom. The highest BCUT2D eigenvalue weighted by atomic mass is 32.2. The topological polar surface area (TPSA) is 96.0 Å². The summed E-state index contributed by atoms with van der Waals surface area (Å²) < 4.78 is 38.8. The van der Waals surface area contributed by atoms with Crippen molar-refractivity contribution < 1.29 is 31.7 Å². The van der Waals surface area contributed by atoms with Crippen molar-refractivity contribution in [1.29, 1.82) is 0 Å². The molecule has 0 aliphatic carbocycles. The van der Waals surface area contributed by atoms with E-state index in [4.69, 9.17) is 13.7 Å². The molecule has 5 unspecified atom stereocenters.